The lowest BCUT2D eigenvalue weighted by Gasteiger charge is -2.21. The van der Waals surface area contributed by atoms with Crippen molar-refractivity contribution in [2.45, 2.75) is 57.3 Å². The maximum absolute atomic E-state index is 12.4. The number of carbonyl (C=O) groups excluding carboxylic acids is 2. The molecule has 0 aromatic heterocycles. The van der Waals surface area contributed by atoms with E-state index in [9.17, 15) is 19.8 Å². The van der Waals surface area contributed by atoms with Gasteiger partial charge in [-0.15, -0.1) is 0 Å². The molecule has 8 nitrogen and oxygen atoms in total. The summed E-state index contributed by atoms with van der Waals surface area (Å²) in [6.07, 6.45) is -3.97. The van der Waals surface area contributed by atoms with Crippen LogP contribution in [0.2, 0.25) is 0 Å². The third-order valence-corrected chi connectivity index (χ3v) is 4.41. The van der Waals surface area contributed by atoms with Gasteiger partial charge in [0.1, 0.15) is 18.3 Å². The Morgan fingerprint density at radius 2 is 1.78 bits per heavy atom. The van der Waals surface area contributed by atoms with Crippen molar-refractivity contribution < 1.29 is 24.5 Å². The summed E-state index contributed by atoms with van der Waals surface area (Å²) in [6.45, 7) is 4.16. The number of ether oxygens (including phenoxy) is 1. The molecule has 8 heteroatoms. The van der Waals surface area contributed by atoms with Gasteiger partial charge in [-0.25, -0.2) is 4.79 Å². The molecular formula is C19H29N3O5. The minimum atomic E-state index is -1.18. The maximum Gasteiger partial charge on any atom is 0.315 e. The highest BCUT2D eigenvalue weighted by Crippen LogP contribution is 2.24. The van der Waals surface area contributed by atoms with Crippen LogP contribution in [0.3, 0.4) is 0 Å². The van der Waals surface area contributed by atoms with Crippen molar-refractivity contribution >= 4 is 11.9 Å². The van der Waals surface area contributed by atoms with Gasteiger partial charge >= 0.3 is 6.03 Å². The molecule has 0 unspecified atom stereocenters. The molecule has 3 amide bonds. The van der Waals surface area contributed by atoms with Gasteiger partial charge in [0.05, 0.1) is 12.5 Å². The average molecular weight is 379 g/mol. The lowest BCUT2D eigenvalue weighted by Crippen LogP contribution is -2.45. The molecule has 4 atom stereocenters. The fourth-order valence-electron chi connectivity index (χ4n) is 2.94. The van der Waals surface area contributed by atoms with Gasteiger partial charge in [-0.3, -0.25) is 4.79 Å². The van der Waals surface area contributed by atoms with Crippen molar-refractivity contribution in [3.8, 4) is 0 Å². The number of hydrogen-bond donors (Lipinski definition) is 4. The number of nitrogens with one attached hydrogen (secondary N) is 2. The van der Waals surface area contributed by atoms with Crippen LogP contribution in [0.1, 0.15) is 25.8 Å². The van der Waals surface area contributed by atoms with Crippen LogP contribution in [0.15, 0.2) is 30.3 Å². The Bertz CT molecular complexity index is 625. The van der Waals surface area contributed by atoms with Crippen LogP contribution in [-0.4, -0.2) is 71.1 Å². The summed E-state index contributed by atoms with van der Waals surface area (Å²) in [5.41, 5.74) is 1.000. The number of urea groups is 1. The van der Waals surface area contributed by atoms with Gasteiger partial charge < -0.3 is 30.5 Å². The Labute approximate surface area is 159 Å². The smallest absolute Gasteiger partial charge is 0.315 e. The molecule has 150 valence electrons. The summed E-state index contributed by atoms with van der Waals surface area (Å²) in [5.74, 6) is -0.193. The standard InChI is InChI=1S/C19H29N3O5/c1-12(2)21-19(26)20-10-15-18(25)17(24)14(27-15)9-16(23)22(3)11-13-7-5-4-6-8-13/h4-8,12,14-15,17-18,24-25H,9-11H2,1-3H3,(H2,20,21,26)/t14-,15+,17-,18+/m0/s1. The molecule has 1 saturated heterocycles. The number of aliphatic hydroxyl groups is 2. The van der Waals surface area contributed by atoms with E-state index < -0.39 is 24.4 Å². The van der Waals surface area contributed by atoms with E-state index in [1.807, 2.05) is 44.2 Å². The zero-order chi connectivity index (χ0) is 20.0. The van der Waals surface area contributed by atoms with Crippen LogP contribution < -0.4 is 10.6 Å². The molecule has 1 aromatic carbocycles. The SMILES string of the molecule is CC(C)NC(=O)NC[C@H]1O[C@@H](CC(=O)N(C)Cc2ccccc2)[C@H](O)[C@@H]1O. The highest BCUT2D eigenvalue weighted by atomic mass is 16.5. The first-order valence-corrected chi connectivity index (χ1v) is 9.11. The minimum Gasteiger partial charge on any atom is -0.388 e. The van der Waals surface area contributed by atoms with Crippen LogP contribution in [0.4, 0.5) is 4.79 Å². The van der Waals surface area contributed by atoms with Crippen molar-refractivity contribution in [2.24, 2.45) is 0 Å². The third kappa shape index (κ3) is 6.20. The quantitative estimate of drug-likeness (QED) is 0.542. The molecule has 0 saturated carbocycles. The van der Waals surface area contributed by atoms with Gasteiger partial charge in [0.15, 0.2) is 0 Å². The number of benzene rings is 1. The number of rotatable bonds is 7. The second-order valence-electron chi connectivity index (χ2n) is 7.14. The molecule has 1 aliphatic rings. The summed E-state index contributed by atoms with van der Waals surface area (Å²) in [4.78, 5) is 25.6. The maximum atomic E-state index is 12.4. The van der Waals surface area contributed by atoms with E-state index in [1.165, 1.54) is 0 Å². The number of aliphatic hydroxyl groups excluding tert-OH is 2. The van der Waals surface area contributed by atoms with Gasteiger partial charge in [-0.1, -0.05) is 30.3 Å². The second kappa shape index (κ2) is 9.68. The van der Waals surface area contributed by atoms with Gasteiger partial charge in [0.2, 0.25) is 5.91 Å². The highest BCUT2D eigenvalue weighted by molar-refractivity contribution is 5.76. The molecule has 0 spiro atoms. The fourth-order valence-corrected chi connectivity index (χ4v) is 2.94. The van der Waals surface area contributed by atoms with Crippen molar-refractivity contribution in [1.82, 2.24) is 15.5 Å². The number of carbonyl (C=O) groups is 2. The summed E-state index contributed by atoms with van der Waals surface area (Å²) in [5, 5.41) is 25.6. The predicted octanol–water partition coefficient (Wildman–Crippen LogP) is 0.232. The van der Waals surface area contributed by atoms with Crippen molar-refractivity contribution in [3.05, 3.63) is 35.9 Å². The summed E-state index contributed by atoms with van der Waals surface area (Å²) >= 11 is 0. The molecule has 4 N–H and O–H groups in total. The Kier molecular flexibility index (Phi) is 7.58. The van der Waals surface area contributed by atoms with Crippen LogP contribution in [0, 0.1) is 0 Å². The second-order valence-corrected chi connectivity index (χ2v) is 7.14. The first-order valence-electron chi connectivity index (χ1n) is 9.11. The zero-order valence-corrected chi connectivity index (χ0v) is 16.0. The lowest BCUT2D eigenvalue weighted by atomic mass is 10.0. The van der Waals surface area contributed by atoms with Crippen LogP contribution in [-0.2, 0) is 16.1 Å². The van der Waals surface area contributed by atoms with Crippen molar-refractivity contribution in [3.63, 3.8) is 0 Å². The van der Waals surface area contributed by atoms with Crippen LogP contribution >= 0.6 is 0 Å². The highest BCUT2D eigenvalue weighted by Gasteiger charge is 2.43. The normalized spacial score (nSPS) is 24.7. The number of hydrogen-bond acceptors (Lipinski definition) is 5. The van der Waals surface area contributed by atoms with Crippen LogP contribution in [0.25, 0.3) is 0 Å². The largest absolute Gasteiger partial charge is 0.388 e. The topological polar surface area (TPSA) is 111 Å². The summed E-state index contributed by atoms with van der Waals surface area (Å²) in [7, 11) is 1.68. The van der Waals surface area contributed by atoms with Crippen molar-refractivity contribution in [1.29, 1.82) is 0 Å². The molecule has 0 aliphatic carbocycles. The Morgan fingerprint density at radius 1 is 1.15 bits per heavy atom. The Hall–Kier alpha value is -2.16. The number of amides is 3. The van der Waals surface area contributed by atoms with E-state index >= 15 is 0 Å². The van der Waals surface area contributed by atoms with Gasteiger partial charge in [0.25, 0.3) is 0 Å². The third-order valence-electron chi connectivity index (χ3n) is 4.41. The monoisotopic (exact) mass is 379 g/mol. The van der Waals surface area contributed by atoms with Crippen molar-refractivity contribution in [2.75, 3.05) is 13.6 Å². The lowest BCUT2D eigenvalue weighted by molar-refractivity contribution is -0.134. The average Bonchev–Trinajstić information content (AvgIpc) is 2.88. The molecular weight excluding hydrogens is 350 g/mol. The molecule has 2 rings (SSSR count). The van der Waals surface area contributed by atoms with E-state index in [4.69, 9.17) is 4.74 Å². The predicted molar refractivity (Wildman–Crippen MR) is 99.9 cm³/mol. The van der Waals surface area contributed by atoms with Gasteiger partial charge in [0, 0.05) is 26.2 Å². The minimum absolute atomic E-state index is 0.0180. The van der Waals surface area contributed by atoms with E-state index in [0.29, 0.717) is 6.54 Å². The molecule has 0 bridgehead atoms. The van der Waals surface area contributed by atoms with Gasteiger partial charge in [-0.2, -0.15) is 0 Å². The summed E-state index contributed by atoms with van der Waals surface area (Å²) in [6, 6.07) is 9.18. The van der Waals surface area contributed by atoms with E-state index in [1.54, 1.807) is 11.9 Å². The molecule has 1 heterocycles. The van der Waals surface area contributed by atoms with Gasteiger partial charge in [-0.05, 0) is 19.4 Å². The molecule has 1 fully saturated rings. The number of nitrogens with zero attached hydrogens (tertiary/aromatic N) is 1. The van der Waals surface area contributed by atoms with E-state index in [2.05, 4.69) is 10.6 Å². The summed E-state index contributed by atoms with van der Waals surface area (Å²) < 4.78 is 5.62. The first-order chi connectivity index (χ1) is 12.8. The van der Waals surface area contributed by atoms with E-state index in [0.717, 1.165) is 5.56 Å². The van der Waals surface area contributed by atoms with Crippen LogP contribution in [0.5, 0.6) is 0 Å². The molecule has 0 radical (unpaired) electrons. The molecule has 27 heavy (non-hydrogen) atoms. The molecule has 1 aromatic rings. The fraction of sp³-hybridized carbons (Fsp3) is 0.579. The zero-order valence-electron chi connectivity index (χ0n) is 16.0. The van der Waals surface area contributed by atoms with E-state index in [-0.39, 0.29) is 30.9 Å². The Morgan fingerprint density at radius 3 is 2.41 bits per heavy atom. The molecule has 1 aliphatic heterocycles. The Balaban J connectivity index is 1.83. The first kappa shape index (κ1) is 21.1.